The molecule has 0 aliphatic carbocycles. The molecule has 0 aromatic heterocycles. The predicted molar refractivity (Wildman–Crippen MR) is 197 cm³/mol. The molecular formula is C40H82N2O4+2. The van der Waals surface area contributed by atoms with Gasteiger partial charge in [-0.1, -0.05) is 129 Å². The van der Waals surface area contributed by atoms with Gasteiger partial charge in [-0.3, -0.25) is 9.59 Å². The number of nitrogens with zero attached hydrogens (tertiary/aromatic N) is 2. The van der Waals surface area contributed by atoms with Gasteiger partial charge in [0.15, 0.2) is 0 Å². The second-order valence-electron chi connectivity index (χ2n) is 15.5. The number of carbonyl (C=O) groups excluding carboxylic acids is 2. The van der Waals surface area contributed by atoms with E-state index in [9.17, 15) is 9.59 Å². The Kier molecular flexibility index (Phi) is 30.4. The van der Waals surface area contributed by atoms with Crippen LogP contribution in [-0.4, -0.2) is 88.5 Å². The number of ether oxygens (including phenoxy) is 2. The molecule has 0 radical (unpaired) electrons. The van der Waals surface area contributed by atoms with Crippen LogP contribution in [0.1, 0.15) is 181 Å². The molecule has 0 aromatic carbocycles. The lowest BCUT2D eigenvalue weighted by Gasteiger charge is -2.29. The summed E-state index contributed by atoms with van der Waals surface area (Å²) in [4.78, 5) is 24.3. The number of likely N-dealkylation sites (N-methyl/N-ethyl adjacent to an activating group) is 2. The highest BCUT2D eigenvalue weighted by Crippen LogP contribution is 2.14. The SMILES string of the molecule is CCCCCCCCCCCC[N+](C)(C)CCOC(=O)CCCCCCC(=O)OCC[N+](C)(C)CCCCCCCCCCCC. The van der Waals surface area contributed by atoms with Gasteiger partial charge < -0.3 is 18.4 Å². The molecule has 0 spiro atoms. The molecule has 274 valence electrons. The van der Waals surface area contributed by atoms with Crippen LogP contribution in [0, 0.1) is 0 Å². The van der Waals surface area contributed by atoms with Crippen LogP contribution in [0.2, 0.25) is 0 Å². The topological polar surface area (TPSA) is 52.6 Å². The Balaban J connectivity index is 3.63. The normalized spacial score (nSPS) is 12.0. The van der Waals surface area contributed by atoms with E-state index in [0.29, 0.717) is 26.1 Å². The quantitative estimate of drug-likeness (QED) is 0.0388. The van der Waals surface area contributed by atoms with Crippen molar-refractivity contribution in [1.82, 2.24) is 0 Å². The maximum Gasteiger partial charge on any atom is 0.305 e. The van der Waals surface area contributed by atoms with Crippen molar-refractivity contribution in [3.63, 3.8) is 0 Å². The van der Waals surface area contributed by atoms with Gasteiger partial charge in [0.25, 0.3) is 0 Å². The van der Waals surface area contributed by atoms with Crippen molar-refractivity contribution in [2.45, 2.75) is 181 Å². The zero-order valence-electron chi connectivity index (χ0n) is 32.2. The predicted octanol–water partition coefficient (Wildman–Crippen LogP) is 10.4. The molecule has 0 unspecified atom stereocenters. The van der Waals surface area contributed by atoms with Crippen LogP contribution in [0.3, 0.4) is 0 Å². The molecule has 0 atom stereocenters. The molecule has 0 heterocycles. The molecule has 0 aliphatic heterocycles. The Morgan fingerprint density at radius 3 is 0.935 bits per heavy atom. The van der Waals surface area contributed by atoms with Gasteiger partial charge in [-0.05, 0) is 38.5 Å². The van der Waals surface area contributed by atoms with E-state index < -0.39 is 0 Å². The maximum absolute atomic E-state index is 12.2. The minimum absolute atomic E-state index is 0.0862. The number of hydrogen-bond donors (Lipinski definition) is 0. The van der Waals surface area contributed by atoms with E-state index in [0.717, 1.165) is 60.8 Å². The van der Waals surface area contributed by atoms with Crippen LogP contribution in [-0.2, 0) is 19.1 Å². The van der Waals surface area contributed by atoms with Crippen molar-refractivity contribution >= 4 is 11.9 Å². The molecule has 0 amide bonds. The Morgan fingerprint density at radius 2 is 0.630 bits per heavy atom. The fraction of sp³-hybridized carbons (Fsp3) is 0.950. The lowest BCUT2D eigenvalue weighted by molar-refractivity contribution is -0.890. The van der Waals surface area contributed by atoms with Gasteiger partial charge in [0.2, 0.25) is 0 Å². The van der Waals surface area contributed by atoms with E-state index in [1.165, 1.54) is 128 Å². The second kappa shape index (κ2) is 31.1. The number of esters is 2. The Morgan fingerprint density at radius 1 is 0.370 bits per heavy atom. The Hall–Kier alpha value is -1.14. The monoisotopic (exact) mass is 655 g/mol. The van der Waals surface area contributed by atoms with Gasteiger partial charge in [-0.25, -0.2) is 0 Å². The summed E-state index contributed by atoms with van der Waals surface area (Å²) in [7, 11) is 8.97. The standard InChI is InChI=1S/C40H82N2O4/c1-7-9-11-13-15-17-19-21-25-29-33-41(3,4)35-37-45-39(43)31-27-23-24-28-32-40(44)46-38-36-42(5,6)34-30-26-22-20-18-16-14-12-10-8-2/h7-38H2,1-6H3/q+2. The molecule has 0 saturated carbocycles. The van der Waals surface area contributed by atoms with Crippen molar-refractivity contribution in [3.8, 4) is 0 Å². The lowest BCUT2D eigenvalue weighted by atomic mass is 10.1. The minimum atomic E-state index is -0.0862. The molecule has 0 rings (SSSR count). The zero-order valence-corrected chi connectivity index (χ0v) is 32.2. The first kappa shape index (κ1) is 44.9. The molecule has 0 N–H and O–H groups in total. The zero-order chi connectivity index (χ0) is 34.2. The van der Waals surface area contributed by atoms with E-state index in [-0.39, 0.29) is 11.9 Å². The van der Waals surface area contributed by atoms with Crippen molar-refractivity contribution in [2.75, 3.05) is 67.6 Å². The van der Waals surface area contributed by atoms with Crippen LogP contribution >= 0.6 is 0 Å². The first-order valence-corrected chi connectivity index (χ1v) is 20.1. The highest BCUT2D eigenvalue weighted by Gasteiger charge is 2.17. The number of unbranched alkanes of at least 4 members (excludes halogenated alkanes) is 21. The fourth-order valence-electron chi connectivity index (χ4n) is 6.13. The Labute approximate surface area is 287 Å². The highest BCUT2D eigenvalue weighted by atomic mass is 16.5. The molecule has 46 heavy (non-hydrogen) atoms. The lowest BCUT2D eigenvalue weighted by Crippen LogP contribution is -2.43. The summed E-state index contributed by atoms with van der Waals surface area (Å²) in [5.74, 6) is -0.172. The summed E-state index contributed by atoms with van der Waals surface area (Å²) >= 11 is 0. The van der Waals surface area contributed by atoms with Crippen LogP contribution in [0.15, 0.2) is 0 Å². The number of quaternary nitrogens is 2. The molecule has 6 heteroatoms. The van der Waals surface area contributed by atoms with E-state index in [4.69, 9.17) is 9.47 Å². The van der Waals surface area contributed by atoms with E-state index >= 15 is 0 Å². The highest BCUT2D eigenvalue weighted by molar-refractivity contribution is 5.69. The van der Waals surface area contributed by atoms with E-state index in [1.54, 1.807) is 0 Å². The third-order valence-electron chi connectivity index (χ3n) is 9.67. The van der Waals surface area contributed by atoms with Crippen LogP contribution in [0.25, 0.3) is 0 Å². The first-order chi connectivity index (χ1) is 22.1. The van der Waals surface area contributed by atoms with Crippen LogP contribution in [0.4, 0.5) is 0 Å². The fourth-order valence-corrected chi connectivity index (χ4v) is 6.13. The molecule has 0 fully saturated rings. The summed E-state index contributed by atoms with van der Waals surface area (Å²) in [6.45, 7) is 9.60. The van der Waals surface area contributed by atoms with E-state index in [2.05, 4.69) is 42.0 Å². The van der Waals surface area contributed by atoms with Crippen molar-refractivity contribution in [2.24, 2.45) is 0 Å². The molecule has 6 nitrogen and oxygen atoms in total. The van der Waals surface area contributed by atoms with Crippen molar-refractivity contribution in [3.05, 3.63) is 0 Å². The van der Waals surface area contributed by atoms with Gasteiger partial charge in [0.05, 0.1) is 41.3 Å². The number of hydrogen-bond acceptors (Lipinski definition) is 4. The van der Waals surface area contributed by atoms with Gasteiger partial charge >= 0.3 is 11.9 Å². The Bertz CT molecular complexity index is 637. The molecule has 0 aliphatic rings. The van der Waals surface area contributed by atoms with Crippen LogP contribution in [0.5, 0.6) is 0 Å². The summed E-state index contributed by atoms with van der Waals surface area (Å²) in [6, 6.07) is 0. The van der Waals surface area contributed by atoms with Gasteiger partial charge in [-0.15, -0.1) is 0 Å². The minimum Gasteiger partial charge on any atom is -0.460 e. The third-order valence-corrected chi connectivity index (χ3v) is 9.67. The van der Waals surface area contributed by atoms with Gasteiger partial charge in [0.1, 0.15) is 26.3 Å². The van der Waals surface area contributed by atoms with Gasteiger partial charge in [-0.2, -0.15) is 0 Å². The summed E-state index contributed by atoms with van der Waals surface area (Å²) < 4.78 is 12.9. The molecule has 0 saturated heterocycles. The third kappa shape index (κ3) is 32.8. The molecular weight excluding hydrogens is 572 g/mol. The maximum atomic E-state index is 12.2. The summed E-state index contributed by atoms with van der Waals surface area (Å²) in [6.07, 6.45) is 31.7. The summed E-state index contributed by atoms with van der Waals surface area (Å²) in [5.41, 5.74) is 0. The first-order valence-electron chi connectivity index (χ1n) is 20.1. The van der Waals surface area contributed by atoms with Crippen molar-refractivity contribution < 1.29 is 28.0 Å². The molecule has 0 aromatic rings. The average molecular weight is 655 g/mol. The summed E-state index contributed by atoms with van der Waals surface area (Å²) in [5, 5.41) is 0. The largest absolute Gasteiger partial charge is 0.460 e. The molecule has 0 bridgehead atoms. The van der Waals surface area contributed by atoms with Crippen molar-refractivity contribution in [1.29, 1.82) is 0 Å². The average Bonchev–Trinajstić information content (AvgIpc) is 3.00. The van der Waals surface area contributed by atoms with E-state index in [1.807, 2.05) is 0 Å². The van der Waals surface area contributed by atoms with Gasteiger partial charge in [0, 0.05) is 12.8 Å². The second-order valence-corrected chi connectivity index (χ2v) is 15.5. The number of rotatable bonds is 35. The van der Waals surface area contributed by atoms with Crippen LogP contribution < -0.4 is 0 Å². The smallest absolute Gasteiger partial charge is 0.305 e. The number of carbonyl (C=O) groups is 2.